The highest BCUT2D eigenvalue weighted by Crippen LogP contribution is 2.30. The largest absolute Gasteiger partial charge is 0.406 e. The van der Waals surface area contributed by atoms with Gasteiger partial charge in [0.05, 0.1) is 15.7 Å². The molecule has 3 rings (SSSR count). The first-order valence-corrected chi connectivity index (χ1v) is 12.8. The standard InChI is InChI=1S/C28H33F3N2OS/c1-27(2,3)35(34)32-26(28(29,30)31)25(19-22-13-7-4-8-14-22)33(20-23-15-9-5-10-16-23)21-24-17-11-6-12-18-24/h4-18,25-26,32H,19-21H2,1-3H3/t25-,26-,35?/m0/s1. The zero-order valence-electron chi connectivity index (χ0n) is 20.3. The molecule has 0 saturated carbocycles. The highest BCUT2D eigenvalue weighted by atomic mass is 32.2. The van der Waals surface area contributed by atoms with Gasteiger partial charge in [0.2, 0.25) is 0 Å². The van der Waals surface area contributed by atoms with Crippen molar-refractivity contribution in [2.45, 2.75) is 63.3 Å². The normalized spacial score (nSPS) is 15.1. The molecule has 0 amide bonds. The zero-order chi connectivity index (χ0) is 25.5. The number of halogens is 3. The van der Waals surface area contributed by atoms with Gasteiger partial charge in [0, 0.05) is 19.1 Å². The van der Waals surface area contributed by atoms with E-state index in [1.807, 2.05) is 95.9 Å². The minimum atomic E-state index is -4.61. The van der Waals surface area contributed by atoms with Gasteiger partial charge < -0.3 is 0 Å². The average Bonchev–Trinajstić information content (AvgIpc) is 2.81. The Balaban J connectivity index is 2.07. The van der Waals surface area contributed by atoms with Crippen molar-refractivity contribution in [3.8, 4) is 0 Å². The number of nitrogens with one attached hydrogen (secondary N) is 1. The molecule has 3 atom stereocenters. The van der Waals surface area contributed by atoms with E-state index in [9.17, 15) is 17.4 Å². The summed E-state index contributed by atoms with van der Waals surface area (Å²) >= 11 is 0. The molecular weight excluding hydrogens is 469 g/mol. The van der Waals surface area contributed by atoms with E-state index < -0.39 is 34.0 Å². The maximum absolute atomic E-state index is 14.6. The molecule has 1 unspecified atom stereocenters. The molecule has 188 valence electrons. The summed E-state index contributed by atoms with van der Waals surface area (Å²) in [5.41, 5.74) is 2.62. The van der Waals surface area contributed by atoms with Crippen molar-refractivity contribution in [2.24, 2.45) is 0 Å². The topological polar surface area (TPSA) is 32.3 Å². The number of nitrogens with zero attached hydrogens (tertiary/aromatic N) is 1. The Bertz CT molecular complexity index is 1010. The second kappa shape index (κ2) is 12.0. The fourth-order valence-electron chi connectivity index (χ4n) is 3.90. The Morgan fingerprint density at radius 3 is 1.51 bits per heavy atom. The Labute approximate surface area is 209 Å². The molecule has 3 aromatic carbocycles. The highest BCUT2D eigenvalue weighted by Gasteiger charge is 2.48. The van der Waals surface area contributed by atoms with E-state index in [1.165, 1.54) is 0 Å². The van der Waals surface area contributed by atoms with Crippen molar-refractivity contribution in [1.82, 2.24) is 9.62 Å². The molecule has 3 nitrogen and oxygen atoms in total. The van der Waals surface area contributed by atoms with Gasteiger partial charge in [-0.05, 0) is 43.9 Å². The van der Waals surface area contributed by atoms with Crippen LogP contribution in [0.5, 0.6) is 0 Å². The lowest BCUT2D eigenvalue weighted by Crippen LogP contribution is -2.59. The average molecular weight is 503 g/mol. The summed E-state index contributed by atoms with van der Waals surface area (Å²) in [5, 5.41) is 0. The minimum Gasteiger partial charge on any atom is -0.290 e. The van der Waals surface area contributed by atoms with Crippen LogP contribution < -0.4 is 4.72 Å². The summed E-state index contributed by atoms with van der Waals surface area (Å²) in [6.45, 7) is 5.65. The molecule has 35 heavy (non-hydrogen) atoms. The molecule has 0 aliphatic heterocycles. The molecule has 7 heteroatoms. The van der Waals surface area contributed by atoms with Crippen molar-refractivity contribution < 1.29 is 17.4 Å². The van der Waals surface area contributed by atoms with Crippen molar-refractivity contribution in [3.63, 3.8) is 0 Å². The number of rotatable bonds is 10. The van der Waals surface area contributed by atoms with Gasteiger partial charge in [-0.3, -0.25) is 4.90 Å². The second-order valence-electron chi connectivity index (χ2n) is 9.65. The van der Waals surface area contributed by atoms with Gasteiger partial charge in [-0.2, -0.15) is 13.2 Å². The second-order valence-corrected chi connectivity index (χ2v) is 11.6. The van der Waals surface area contributed by atoms with Crippen molar-refractivity contribution in [3.05, 3.63) is 108 Å². The molecule has 0 saturated heterocycles. The zero-order valence-corrected chi connectivity index (χ0v) is 21.2. The van der Waals surface area contributed by atoms with Gasteiger partial charge in [0.15, 0.2) is 0 Å². The Kier molecular flexibility index (Phi) is 9.27. The molecule has 0 spiro atoms. The van der Waals surface area contributed by atoms with Crippen LogP contribution in [-0.2, 0) is 30.5 Å². The lowest BCUT2D eigenvalue weighted by molar-refractivity contribution is -0.167. The number of benzene rings is 3. The Morgan fingerprint density at radius 1 is 0.743 bits per heavy atom. The smallest absolute Gasteiger partial charge is 0.290 e. The molecule has 0 fully saturated rings. The highest BCUT2D eigenvalue weighted by molar-refractivity contribution is 7.84. The van der Waals surface area contributed by atoms with Gasteiger partial charge in [0.1, 0.15) is 6.04 Å². The fourth-order valence-corrected chi connectivity index (χ4v) is 4.77. The summed E-state index contributed by atoms with van der Waals surface area (Å²) in [5.74, 6) is 0. The van der Waals surface area contributed by atoms with E-state index in [0.29, 0.717) is 13.1 Å². The molecule has 0 aromatic heterocycles. The van der Waals surface area contributed by atoms with Crippen molar-refractivity contribution in [2.75, 3.05) is 0 Å². The van der Waals surface area contributed by atoms with Crippen LogP contribution >= 0.6 is 0 Å². The summed E-state index contributed by atoms with van der Waals surface area (Å²) in [6.07, 6.45) is -4.45. The predicted octanol–water partition coefficient (Wildman–Crippen LogP) is 6.28. The lowest BCUT2D eigenvalue weighted by atomic mass is 9.96. The van der Waals surface area contributed by atoms with Crippen molar-refractivity contribution in [1.29, 1.82) is 0 Å². The van der Waals surface area contributed by atoms with Crippen LogP contribution in [0, 0.1) is 0 Å². The van der Waals surface area contributed by atoms with Crippen LogP contribution in [0.25, 0.3) is 0 Å². The van der Waals surface area contributed by atoms with Crippen LogP contribution in [0.4, 0.5) is 13.2 Å². The van der Waals surface area contributed by atoms with E-state index >= 15 is 0 Å². The van der Waals surface area contributed by atoms with E-state index in [2.05, 4.69) is 4.72 Å². The van der Waals surface area contributed by atoms with E-state index in [-0.39, 0.29) is 6.42 Å². The summed E-state index contributed by atoms with van der Waals surface area (Å²) in [6, 6.07) is 25.2. The maximum Gasteiger partial charge on any atom is 0.406 e. The first-order valence-electron chi connectivity index (χ1n) is 11.6. The maximum atomic E-state index is 14.6. The van der Waals surface area contributed by atoms with Gasteiger partial charge >= 0.3 is 6.18 Å². The van der Waals surface area contributed by atoms with E-state index in [1.54, 1.807) is 20.8 Å². The summed E-state index contributed by atoms with van der Waals surface area (Å²) in [4.78, 5) is 1.85. The quantitative estimate of drug-likeness (QED) is 0.354. The first-order chi connectivity index (χ1) is 16.5. The number of alkyl halides is 3. The molecule has 0 heterocycles. The van der Waals surface area contributed by atoms with Crippen LogP contribution in [0.3, 0.4) is 0 Å². The molecule has 1 N–H and O–H groups in total. The monoisotopic (exact) mass is 502 g/mol. The number of hydrogen-bond acceptors (Lipinski definition) is 2. The lowest BCUT2D eigenvalue weighted by Gasteiger charge is -2.39. The van der Waals surface area contributed by atoms with E-state index in [4.69, 9.17) is 0 Å². The Hall–Kier alpha value is -2.48. The van der Waals surface area contributed by atoms with Gasteiger partial charge in [-0.25, -0.2) is 8.93 Å². The Morgan fingerprint density at radius 2 is 1.14 bits per heavy atom. The molecule has 3 aromatic rings. The number of hydrogen-bond donors (Lipinski definition) is 1. The summed E-state index contributed by atoms with van der Waals surface area (Å²) < 4.78 is 58.4. The third kappa shape index (κ3) is 8.30. The predicted molar refractivity (Wildman–Crippen MR) is 137 cm³/mol. The fraction of sp³-hybridized carbons (Fsp3) is 0.357. The van der Waals surface area contributed by atoms with Gasteiger partial charge in [-0.1, -0.05) is 91.0 Å². The molecular formula is C28H33F3N2OS. The third-order valence-electron chi connectivity index (χ3n) is 5.74. The minimum absolute atomic E-state index is 0.152. The van der Waals surface area contributed by atoms with Crippen LogP contribution in [0.2, 0.25) is 0 Å². The van der Waals surface area contributed by atoms with Crippen LogP contribution in [0.1, 0.15) is 37.5 Å². The SMILES string of the molecule is CC(C)(C)S(=O)N[C@@H]([C@H](Cc1ccccc1)N(Cc1ccccc1)Cc1ccccc1)C(F)(F)F. The molecule has 0 radical (unpaired) electrons. The van der Waals surface area contributed by atoms with Crippen molar-refractivity contribution >= 4 is 11.0 Å². The van der Waals surface area contributed by atoms with Crippen LogP contribution in [0.15, 0.2) is 91.0 Å². The van der Waals surface area contributed by atoms with Crippen LogP contribution in [-0.4, -0.2) is 32.1 Å². The van der Waals surface area contributed by atoms with Gasteiger partial charge in [0.25, 0.3) is 0 Å². The van der Waals surface area contributed by atoms with E-state index in [0.717, 1.165) is 16.7 Å². The summed E-state index contributed by atoms with van der Waals surface area (Å²) in [7, 11) is -1.90. The first kappa shape index (κ1) is 27.1. The molecule has 0 aliphatic carbocycles. The molecule has 0 bridgehead atoms. The van der Waals surface area contributed by atoms with Gasteiger partial charge in [-0.15, -0.1) is 0 Å². The third-order valence-corrected chi connectivity index (χ3v) is 7.32. The molecule has 0 aliphatic rings.